The normalized spacial score (nSPS) is 14.8. The number of amides is 1. The van der Waals surface area contributed by atoms with Crippen LogP contribution >= 0.6 is 23.2 Å². The number of sulfonamides is 2. The van der Waals surface area contributed by atoms with Crippen molar-refractivity contribution in [3.05, 3.63) is 94.0 Å². The Kier molecular flexibility index (Phi) is 9.69. The van der Waals surface area contributed by atoms with Crippen LogP contribution in [0.15, 0.2) is 82.6 Å². The van der Waals surface area contributed by atoms with Crippen LogP contribution in [-0.4, -0.2) is 51.0 Å². The summed E-state index contributed by atoms with van der Waals surface area (Å²) in [5.74, 6) is -0.530. The van der Waals surface area contributed by atoms with Gasteiger partial charge in [0.1, 0.15) is 4.90 Å². The molecule has 1 N–H and O–H groups in total. The van der Waals surface area contributed by atoms with Gasteiger partial charge in [-0.2, -0.15) is 8.61 Å². The molecule has 0 aliphatic carbocycles. The van der Waals surface area contributed by atoms with Gasteiger partial charge in [-0.3, -0.25) is 4.79 Å². The van der Waals surface area contributed by atoms with Gasteiger partial charge in [-0.15, -0.1) is 0 Å². The van der Waals surface area contributed by atoms with Crippen molar-refractivity contribution in [3.63, 3.8) is 0 Å². The Labute approximate surface area is 239 Å². The van der Waals surface area contributed by atoms with Crippen molar-refractivity contribution in [1.29, 1.82) is 0 Å². The second-order valence-corrected chi connectivity index (χ2v) is 13.9. The van der Waals surface area contributed by atoms with Crippen molar-refractivity contribution in [3.8, 4) is 0 Å². The molecule has 8 nitrogen and oxygen atoms in total. The Bertz CT molecular complexity index is 1510. The first-order chi connectivity index (χ1) is 18.6. The van der Waals surface area contributed by atoms with E-state index < -0.39 is 32.5 Å². The molecular formula is C27H29Cl2N3O5S2. The topological polar surface area (TPSA) is 104 Å². The number of nitrogens with one attached hydrogen (secondary N) is 1. The monoisotopic (exact) mass is 609 g/mol. The molecule has 1 heterocycles. The summed E-state index contributed by atoms with van der Waals surface area (Å²) in [6.07, 6.45) is 2.73. The van der Waals surface area contributed by atoms with Crippen LogP contribution in [0.1, 0.15) is 30.4 Å². The van der Waals surface area contributed by atoms with E-state index in [4.69, 9.17) is 23.2 Å². The zero-order valence-corrected chi connectivity index (χ0v) is 24.2. The van der Waals surface area contributed by atoms with Crippen LogP contribution in [0.5, 0.6) is 0 Å². The SMILES string of the molecule is O=C(CN(Cc1ccccc1)S(=O)(=O)c1cc(Cl)ccc1Cl)NCc1ccc(S(=O)(=O)N2CCCCC2)cc1. The fourth-order valence-electron chi connectivity index (χ4n) is 4.28. The average molecular weight is 611 g/mol. The van der Waals surface area contributed by atoms with Gasteiger partial charge in [-0.25, -0.2) is 16.8 Å². The lowest BCUT2D eigenvalue weighted by Gasteiger charge is -2.25. The number of nitrogens with zero attached hydrogens (tertiary/aromatic N) is 2. The van der Waals surface area contributed by atoms with Crippen molar-refractivity contribution in [2.75, 3.05) is 19.6 Å². The summed E-state index contributed by atoms with van der Waals surface area (Å²) >= 11 is 12.2. The molecule has 0 bridgehead atoms. The maximum absolute atomic E-state index is 13.5. The van der Waals surface area contributed by atoms with Gasteiger partial charge in [0.05, 0.1) is 16.5 Å². The number of rotatable bonds is 10. The van der Waals surface area contributed by atoms with Crippen LogP contribution < -0.4 is 5.32 Å². The van der Waals surface area contributed by atoms with E-state index in [2.05, 4.69) is 5.32 Å². The minimum Gasteiger partial charge on any atom is -0.351 e. The molecule has 3 aromatic rings. The third kappa shape index (κ3) is 7.39. The molecule has 1 aliphatic heterocycles. The van der Waals surface area contributed by atoms with Crippen LogP contribution in [0.2, 0.25) is 10.0 Å². The van der Waals surface area contributed by atoms with Gasteiger partial charge in [0.25, 0.3) is 0 Å². The highest BCUT2D eigenvalue weighted by Gasteiger charge is 2.29. The van der Waals surface area contributed by atoms with Crippen molar-refractivity contribution in [2.45, 2.75) is 42.1 Å². The molecule has 0 radical (unpaired) electrons. The third-order valence-corrected chi connectivity index (χ3v) is 10.8. The summed E-state index contributed by atoms with van der Waals surface area (Å²) in [5, 5.41) is 2.92. The van der Waals surface area contributed by atoms with Crippen LogP contribution in [-0.2, 0) is 37.9 Å². The maximum Gasteiger partial charge on any atom is 0.245 e. The predicted molar refractivity (Wildman–Crippen MR) is 151 cm³/mol. The van der Waals surface area contributed by atoms with E-state index in [0.29, 0.717) is 24.2 Å². The van der Waals surface area contributed by atoms with Gasteiger partial charge < -0.3 is 5.32 Å². The fraction of sp³-hybridized carbons (Fsp3) is 0.296. The number of benzene rings is 3. The summed E-state index contributed by atoms with van der Waals surface area (Å²) in [7, 11) is -7.73. The molecule has 0 aromatic heterocycles. The number of carbonyl (C=O) groups excluding carboxylic acids is 1. The maximum atomic E-state index is 13.5. The largest absolute Gasteiger partial charge is 0.351 e. The Morgan fingerprint density at radius 2 is 1.51 bits per heavy atom. The molecule has 4 rings (SSSR count). The average Bonchev–Trinajstić information content (AvgIpc) is 2.94. The van der Waals surface area contributed by atoms with E-state index in [9.17, 15) is 21.6 Å². The first-order valence-corrected chi connectivity index (χ1v) is 16.1. The zero-order chi connectivity index (χ0) is 28.0. The van der Waals surface area contributed by atoms with Crippen molar-refractivity contribution >= 4 is 49.2 Å². The second kappa shape index (κ2) is 12.8. The van der Waals surface area contributed by atoms with Gasteiger partial charge in [-0.05, 0) is 54.3 Å². The first kappa shape index (κ1) is 29.5. The zero-order valence-electron chi connectivity index (χ0n) is 21.1. The van der Waals surface area contributed by atoms with Crippen LogP contribution in [0.25, 0.3) is 0 Å². The van der Waals surface area contributed by atoms with Gasteiger partial charge in [0.2, 0.25) is 26.0 Å². The highest BCUT2D eigenvalue weighted by Crippen LogP contribution is 2.28. The molecule has 12 heteroatoms. The molecule has 1 saturated heterocycles. The summed E-state index contributed by atoms with van der Waals surface area (Å²) < 4.78 is 55.3. The summed E-state index contributed by atoms with van der Waals surface area (Å²) in [6.45, 7) is 0.621. The number of halogens is 2. The van der Waals surface area contributed by atoms with E-state index in [1.807, 2.05) is 6.07 Å². The van der Waals surface area contributed by atoms with Gasteiger partial charge >= 0.3 is 0 Å². The van der Waals surface area contributed by atoms with Crippen LogP contribution in [0.3, 0.4) is 0 Å². The van der Waals surface area contributed by atoms with E-state index in [1.165, 1.54) is 34.6 Å². The summed E-state index contributed by atoms with van der Waals surface area (Å²) in [5.41, 5.74) is 1.37. The van der Waals surface area contributed by atoms with Crippen molar-refractivity contribution in [1.82, 2.24) is 13.9 Å². The minimum atomic E-state index is -4.18. The lowest BCUT2D eigenvalue weighted by molar-refractivity contribution is -0.121. The molecule has 1 fully saturated rings. The van der Waals surface area contributed by atoms with Crippen molar-refractivity contribution in [2.24, 2.45) is 0 Å². The van der Waals surface area contributed by atoms with Gasteiger partial charge in [0.15, 0.2) is 0 Å². The Morgan fingerprint density at radius 1 is 0.846 bits per heavy atom. The van der Waals surface area contributed by atoms with Crippen molar-refractivity contribution < 1.29 is 21.6 Å². The number of carbonyl (C=O) groups is 1. The molecule has 39 heavy (non-hydrogen) atoms. The molecule has 1 amide bonds. The minimum absolute atomic E-state index is 0.00235. The van der Waals surface area contributed by atoms with Crippen LogP contribution in [0, 0.1) is 0 Å². The molecule has 208 valence electrons. The van der Waals surface area contributed by atoms with E-state index in [1.54, 1.807) is 36.4 Å². The molecular weight excluding hydrogens is 581 g/mol. The molecule has 0 atom stereocenters. The highest BCUT2D eigenvalue weighted by molar-refractivity contribution is 7.89. The van der Waals surface area contributed by atoms with Gasteiger partial charge in [-0.1, -0.05) is 72.1 Å². The first-order valence-electron chi connectivity index (χ1n) is 12.4. The van der Waals surface area contributed by atoms with E-state index in [-0.39, 0.29) is 32.9 Å². The third-order valence-electron chi connectivity index (χ3n) is 6.40. The Morgan fingerprint density at radius 3 is 2.18 bits per heavy atom. The predicted octanol–water partition coefficient (Wildman–Crippen LogP) is 4.68. The number of hydrogen-bond donors (Lipinski definition) is 1. The molecule has 0 saturated carbocycles. The fourth-order valence-corrected chi connectivity index (χ4v) is 7.92. The molecule has 0 spiro atoms. The smallest absolute Gasteiger partial charge is 0.245 e. The molecule has 3 aromatic carbocycles. The highest BCUT2D eigenvalue weighted by atomic mass is 35.5. The molecule has 1 aliphatic rings. The summed E-state index contributed by atoms with van der Waals surface area (Å²) in [6, 6.07) is 19.4. The number of hydrogen-bond acceptors (Lipinski definition) is 5. The summed E-state index contributed by atoms with van der Waals surface area (Å²) in [4.78, 5) is 12.9. The van der Waals surface area contributed by atoms with E-state index >= 15 is 0 Å². The van der Waals surface area contributed by atoms with Crippen LogP contribution in [0.4, 0.5) is 0 Å². The quantitative estimate of drug-likeness (QED) is 0.359. The van der Waals surface area contributed by atoms with Gasteiger partial charge in [0, 0.05) is 31.2 Å². The Hall–Kier alpha value is -2.47. The standard InChI is InChI=1S/C27H29Cl2N3O5S2/c28-23-11-14-25(29)26(17-23)39(36,37)32(19-22-7-3-1-4-8-22)20-27(33)30-18-21-9-12-24(13-10-21)38(34,35)31-15-5-2-6-16-31/h1,3-4,7-14,17H,2,5-6,15-16,18-20H2,(H,30,33). The Balaban J connectivity index is 1.46. The number of piperidine rings is 1. The second-order valence-electron chi connectivity index (χ2n) is 9.22. The lowest BCUT2D eigenvalue weighted by Crippen LogP contribution is -2.40. The van der Waals surface area contributed by atoms with E-state index in [0.717, 1.165) is 23.6 Å². The molecule has 0 unspecified atom stereocenters. The lowest BCUT2D eigenvalue weighted by atomic mass is 10.2.